The van der Waals surface area contributed by atoms with Gasteiger partial charge < -0.3 is 19.9 Å². The summed E-state index contributed by atoms with van der Waals surface area (Å²) in [6, 6.07) is 16.1. The molecule has 2 aliphatic heterocycles. The molecule has 9 nitrogen and oxygen atoms in total. The van der Waals surface area contributed by atoms with E-state index in [2.05, 4.69) is 5.32 Å². The second kappa shape index (κ2) is 11.0. The summed E-state index contributed by atoms with van der Waals surface area (Å²) in [5.74, 6) is -5.41. The lowest BCUT2D eigenvalue weighted by Gasteiger charge is -2.58. The maximum absolute atomic E-state index is 15.0. The number of anilines is 3. The lowest BCUT2D eigenvalue weighted by molar-refractivity contribution is -0.153. The lowest BCUT2D eigenvalue weighted by Crippen LogP contribution is -2.81. The normalized spacial score (nSPS) is 16.2. The van der Waals surface area contributed by atoms with Gasteiger partial charge in [0.15, 0.2) is 5.54 Å². The molecule has 3 aromatic carbocycles. The number of esters is 1. The van der Waals surface area contributed by atoms with Crippen molar-refractivity contribution in [3.05, 3.63) is 88.7 Å². The summed E-state index contributed by atoms with van der Waals surface area (Å²) in [5, 5.41) is 12.1. The molecule has 3 aromatic rings. The quantitative estimate of drug-likeness (QED) is 0.409. The maximum atomic E-state index is 15.0. The molecular formula is C31H28F3N5O4. The monoisotopic (exact) mass is 591 g/mol. The first-order valence-corrected chi connectivity index (χ1v) is 13.4. The largest absolute Gasteiger partial charge is 0.465 e. The summed E-state index contributed by atoms with van der Waals surface area (Å²) in [6.45, 7) is 0.354. The van der Waals surface area contributed by atoms with Crippen LogP contribution in [-0.4, -0.2) is 62.0 Å². The Morgan fingerprint density at radius 2 is 1.79 bits per heavy atom. The van der Waals surface area contributed by atoms with Gasteiger partial charge in [-0.15, -0.1) is 0 Å². The third-order valence-electron chi connectivity index (χ3n) is 7.87. The minimum absolute atomic E-state index is 0.0244. The average molecular weight is 592 g/mol. The Morgan fingerprint density at radius 3 is 2.37 bits per heavy atom. The molecule has 12 heteroatoms. The van der Waals surface area contributed by atoms with E-state index in [9.17, 15) is 23.2 Å². The van der Waals surface area contributed by atoms with Gasteiger partial charge in [-0.1, -0.05) is 24.3 Å². The number of ether oxygens (including phenoxy) is 1. The summed E-state index contributed by atoms with van der Waals surface area (Å²) in [5.41, 5.74) is 0.288. The van der Waals surface area contributed by atoms with Gasteiger partial charge in [-0.3, -0.25) is 14.5 Å². The van der Waals surface area contributed by atoms with Crippen molar-refractivity contribution < 1.29 is 32.3 Å². The molecule has 5 rings (SSSR count). The van der Waals surface area contributed by atoms with Crippen LogP contribution in [0.4, 0.5) is 30.2 Å². The lowest BCUT2D eigenvalue weighted by atomic mass is 9.82. The van der Waals surface area contributed by atoms with Gasteiger partial charge in [-0.05, 0) is 42.0 Å². The summed E-state index contributed by atoms with van der Waals surface area (Å²) in [6.07, 6.45) is 0. The molecule has 2 saturated heterocycles. The smallest absolute Gasteiger partial charge is 0.340 e. The number of nitrogens with zero attached hydrogens (tertiary/aromatic N) is 4. The van der Waals surface area contributed by atoms with Gasteiger partial charge in [0.2, 0.25) is 5.91 Å². The number of hydrogen-bond acceptors (Lipinski definition) is 7. The van der Waals surface area contributed by atoms with Crippen molar-refractivity contribution in [3.63, 3.8) is 0 Å². The van der Waals surface area contributed by atoms with E-state index in [4.69, 9.17) is 10.00 Å². The number of benzene rings is 3. The van der Waals surface area contributed by atoms with Crippen LogP contribution < -0.4 is 15.1 Å². The number of amides is 2. The molecule has 2 heterocycles. The Morgan fingerprint density at radius 1 is 1.09 bits per heavy atom. The zero-order chi connectivity index (χ0) is 31.1. The van der Waals surface area contributed by atoms with Gasteiger partial charge in [0.1, 0.15) is 12.4 Å². The molecule has 0 bridgehead atoms. The molecule has 0 unspecified atom stereocenters. The van der Waals surface area contributed by atoms with Gasteiger partial charge in [0, 0.05) is 37.5 Å². The molecule has 0 aromatic heterocycles. The fraction of sp³-hybridized carbons (Fsp3) is 0.290. The van der Waals surface area contributed by atoms with E-state index in [-0.39, 0.29) is 42.0 Å². The summed E-state index contributed by atoms with van der Waals surface area (Å²) >= 11 is 0. The fourth-order valence-corrected chi connectivity index (χ4v) is 5.51. The number of carbonyl (C=O) groups excluding carboxylic acids is 3. The molecule has 0 radical (unpaired) electrons. The van der Waals surface area contributed by atoms with Crippen molar-refractivity contribution in [1.29, 1.82) is 5.26 Å². The Labute approximate surface area is 246 Å². The Bertz CT molecular complexity index is 1640. The van der Waals surface area contributed by atoms with Crippen LogP contribution in [0.1, 0.15) is 34.0 Å². The second-order valence-electron chi connectivity index (χ2n) is 10.6. The van der Waals surface area contributed by atoms with E-state index in [1.807, 2.05) is 11.0 Å². The molecule has 2 aliphatic rings. The van der Waals surface area contributed by atoms with Crippen LogP contribution in [-0.2, 0) is 26.8 Å². The molecule has 0 aliphatic carbocycles. The molecule has 2 amide bonds. The first kappa shape index (κ1) is 29.4. The van der Waals surface area contributed by atoms with Crippen molar-refractivity contribution in [3.8, 4) is 6.07 Å². The van der Waals surface area contributed by atoms with Crippen LogP contribution in [0.15, 0.2) is 60.7 Å². The van der Waals surface area contributed by atoms with Crippen molar-refractivity contribution in [1.82, 2.24) is 4.90 Å². The number of carbonyl (C=O) groups is 3. The van der Waals surface area contributed by atoms with E-state index in [0.717, 1.165) is 17.9 Å². The highest BCUT2D eigenvalue weighted by Crippen LogP contribution is 2.40. The minimum atomic E-state index is -3.04. The van der Waals surface area contributed by atoms with Crippen molar-refractivity contribution in [2.24, 2.45) is 0 Å². The van der Waals surface area contributed by atoms with Gasteiger partial charge in [-0.2, -0.15) is 5.26 Å². The summed E-state index contributed by atoms with van der Waals surface area (Å²) < 4.78 is 47.5. The first-order chi connectivity index (χ1) is 20.4. The zero-order valence-corrected chi connectivity index (χ0v) is 23.7. The number of rotatable bonds is 7. The van der Waals surface area contributed by atoms with Gasteiger partial charge in [0.25, 0.3) is 11.8 Å². The van der Waals surface area contributed by atoms with E-state index in [1.165, 1.54) is 48.4 Å². The average Bonchev–Trinajstić information content (AvgIpc) is 2.97. The highest BCUT2D eigenvalue weighted by atomic mass is 19.3. The fourth-order valence-electron chi connectivity index (χ4n) is 5.51. The molecular weight excluding hydrogens is 563 g/mol. The van der Waals surface area contributed by atoms with Gasteiger partial charge >= 0.3 is 5.97 Å². The molecule has 43 heavy (non-hydrogen) atoms. The predicted molar refractivity (Wildman–Crippen MR) is 152 cm³/mol. The number of alkyl halides is 2. The van der Waals surface area contributed by atoms with Crippen LogP contribution in [0.25, 0.3) is 0 Å². The molecule has 0 saturated carbocycles. The van der Waals surface area contributed by atoms with Gasteiger partial charge in [-0.25, -0.2) is 18.0 Å². The SMILES string of the molecule is CNc1ccc(N2CC3(C2)C(=O)N(c2ccc(C#N)cc2F)CC(=O)N3Cc2ccc(C(C)(F)F)cc2)cc1C(=O)OC. The topological polar surface area (TPSA) is 106 Å². The van der Waals surface area contributed by atoms with Crippen molar-refractivity contribution in [2.75, 3.05) is 48.9 Å². The van der Waals surface area contributed by atoms with Crippen molar-refractivity contribution >= 4 is 34.8 Å². The van der Waals surface area contributed by atoms with Crippen LogP contribution in [0.3, 0.4) is 0 Å². The predicted octanol–water partition coefficient (Wildman–Crippen LogP) is 4.27. The molecule has 0 atom stereocenters. The number of nitrogens with one attached hydrogen (secondary N) is 1. The standard InChI is InChI=1S/C31H28F3N5O4/c1-30(33,34)21-7-4-19(5-8-21)15-39-27(40)16-38(26-11-6-20(14-35)12-24(26)32)29(42)31(39)17-37(18-31)22-9-10-25(36-2)23(13-22)28(41)43-3/h4-13,36H,15-18H2,1-3H3. The maximum Gasteiger partial charge on any atom is 0.340 e. The van der Waals surface area contributed by atoms with Crippen molar-refractivity contribution in [2.45, 2.75) is 24.9 Å². The van der Waals surface area contributed by atoms with E-state index in [1.54, 1.807) is 25.2 Å². The highest BCUT2D eigenvalue weighted by Gasteiger charge is 2.60. The summed E-state index contributed by atoms with van der Waals surface area (Å²) in [7, 11) is 2.93. The first-order valence-electron chi connectivity index (χ1n) is 13.4. The van der Waals surface area contributed by atoms with Crippen LogP contribution >= 0.6 is 0 Å². The van der Waals surface area contributed by atoms with E-state index < -0.39 is 41.6 Å². The Balaban J connectivity index is 1.51. The molecule has 1 N–H and O–H groups in total. The Hall–Kier alpha value is -5.05. The summed E-state index contributed by atoms with van der Waals surface area (Å²) in [4.78, 5) is 44.5. The Kier molecular flexibility index (Phi) is 7.52. The number of methoxy groups -OCH3 is 1. The van der Waals surface area contributed by atoms with Crippen LogP contribution in [0, 0.1) is 17.1 Å². The number of piperazine rings is 1. The third kappa shape index (κ3) is 5.22. The number of halogens is 3. The molecule has 1 spiro atoms. The second-order valence-corrected chi connectivity index (χ2v) is 10.6. The zero-order valence-electron chi connectivity index (χ0n) is 23.7. The van der Waals surface area contributed by atoms with E-state index in [0.29, 0.717) is 16.9 Å². The number of nitriles is 1. The molecule has 222 valence electrons. The highest BCUT2D eigenvalue weighted by molar-refractivity contribution is 6.11. The van der Waals surface area contributed by atoms with Crippen LogP contribution in [0.2, 0.25) is 0 Å². The molecule has 2 fully saturated rings. The third-order valence-corrected chi connectivity index (χ3v) is 7.87. The minimum Gasteiger partial charge on any atom is -0.465 e. The van der Waals surface area contributed by atoms with Gasteiger partial charge in [0.05, 0.1) is 43.1 Å². The van der Waals surface area contributed by atoms with E-state index >= 15 is 4.39 Å². The number of hydrogen-bond donors (Lipinski definition) is 1. The van der Waals surface area contributed by atoms with Crippen LogP contribution in [0.5, 0.6) is 0 Å².